The lowest BCUT2D eigenvalue weighted by molar-refractivity contribution is -0.119. The first-order valence-electron chi connectivity index (χ1n) is 5.55. The molecule has 2 amide bonds. The van der Waals surface area contributed by atoms with Gasteiger partial charge in [-0.15, -0.1) is 0 Å². The molecule has 1 rings (SSSR count). The Hall–Kier alpha value is -1.59. The maximum absolute atomic E-state index is 11.6. The Morgan fingerprint density at radius 2 is 2.06 bits per heavy atom. The highest BCUT2D eigenvalue weighted by Crippen LogP contribution is 2.19. The lowest BCUT2D eigenvalue weighted by Gasteiger charge is -2.12. The number of hydrogen-bond acceptors (Lipinski definition) is 3. The van der Waals surface area contributed by atoms with Gasteiger partial charge in [-0.2, -0.15) is 0 Å². The zero-order valence-corrected chi connectivity index (χ0v) is 10.8. The van der Waals surface area contributed by atoms with E-state index in [0.717, 1.165) is 0 Å². The Morgan fingerprint density at radius 1 is 1.39 bits per heavy atom. The molecule has 0 aliphatic carbocycles. The minimum atomic E-state index is -0.401. The van der Waals surface area contributed by atoms with Gasteiger partial charge in [0.1, 0.15) is 0 Å². The summed E-state index contributed by atoms with van der Waals surface area (Å²) in [7, 11) is 0. The van der Waals surface area contributed by atoms with E-state index >= 15 is 0 Å². The number of nitrogens with one attached hydrogen (secondary N) is 2. The number of para-hydroxylation sites is 1. The van der Waals surface area contributed by atoms with Crippen LogP contribution in [-0.4, -0.2) is 24.4 Å². The van der Waals surface area contributed by atoms with Crippen LogP contribution < -0.4 is 16.4 Å². The van der Waals surface area contributed by atoms with Crippen LogP contribution in [0.1, 0.15) is 13.3 Å². The fraction of sp³-hybridized carbons (Fsp3) is 0.333. The van der Waals surface area contributed by atoms with E-state index in [1.54, 1.807) is 31.2 Å². The first-order chi connectivity index (χ1) is 8.49. The Bertz CT molecular complexity index is 437. The summed E-state index contributed by atoms with van der Waals surface area (Å²) in [6, 6.07) is 6.84. The molecular weight excluding hydrogens is 254 g/mol. The molecular formula is C12H16ClN3O2. The monoisotopic (exact) mass is 269 g/mol. The summed E-state index contributed by atoms with van der Waals surface area (Å²) < 4.78 is 0. The second kappa shape index (κ2) is 6.98. The van der Waals surface area contributed by atoms with Crippen LogP contribution in [-0.2, 0) is 9.59 Å². The van der Waals surface area contributed by atoms with Crippen molar-refractivity contribution < 1.29 is 9.59 Å². The van der Waals surface area contributed by atoms with Crippen molar-refractivity contribution in [1.82, 2.24) is 5.32 Å². The van der Waals surface area contributed by atoms with Gasteiger partial charge in [-0.1, -0.05) is 23.7 Å². The normalized spacial score (nSPS) is 11.9. The molecule has 1 atom stereocenters. The number of halogens is 1. The topological polar surface area (TPSA) is 84.2 Å². The first kappa shape index (κ1) is 14.5. The van der Waals surface area contributed by atoms with E-state index in [1.807, 2.05) is 0 Å². The number of nitrogens with two attached hydrogens (primary N) is 1. The second-order valence-corrected chi connectivity index (χ2v) is 4.39. The zero-order valence-electron chi connectivity index (χ0n) is 10.1. The first-order valence-corrected chi connectivity index (χ1v) is 5.93. The maximum atomic E-state index is 11.6. The minimum absolute atomic E-state index is 0.0969. The van der Waals surface area contributed by atoms with Crippen LogP contribution in [0.4, 0.5) is 5.69 Å². The Labute approximate surface area is 111 Å². The van der Waals surface area contributed by atoms with Crippen molar-refractivity contribution in [3.8, 4) is 0 Å². The third-order valence-electron chi connectivity index (χ3n) is 2.27. The summed E-state index contributed by atoms with van der Waals surface area (Å²) in [6.07, 6.45) is 0.194. The molecule has 0 spiro atoms. The maximum Gasteiger partial charge on any atom is 0.238 e. The van der Waals surface area contributed by atoms with Gasteiger partial charge in [0.2, 0.25) is 11.8 Å². The van der Waals surface area contributed by atoms with E-state index in [0.29, 0.717) is 10.7 Å². The molecule has 0 saturated carbocycles. The molecule has 6 heteroatoms. The van der Waals surface area contributed by atoms with E-state index in [9.17, 15) is 9.59 Å². The third-order valence-corrected chi connectivity index (χ3v) is 2.60. The molecule has 0 fully saturated rings. The number of primary amides is 1. The number of anilines is 1. The summed E-state index contributed by atoms with van der Waals surface area (Å²) in [4.78, 5) is 22.3. The van der Waals surface area contributed by atoms with Gasteiger partial charge in [0.15, 0.2) is 0 Å². The predicted octanol–water partition coefficient (Wildman–Crippen LogP) is 1.13. The zero-order chi connectivity index (χ0) is 13.5. The molecule has 0 aliphatic rings. The largest absolute Gasteiger partial charge is 0.370 e. The van der Waals surface area contributed by atoms with Crippen LogP contribution in [0.15, 0.2) is 24.3 Å². The lowest BCUT2D eigenvalue weighted by Crippen LogP contribution is -2.36. The molecule has 0 radical (unpaired) electrons. The van der Waals surface area contributed by atoms with E-state index in [1.165, 1.54) is 0 Å². The van der Waals surface area contributed by atoms with Crippen molar-refractivity contribution in [3.05, 3.63) is 29.3 Å². The van der Waals surface area contributed by atoms with Crippen molar-refractivity contribution in [1.29, 1.82) is 0 Å². The minimum Gasteiger partial charge on any atom is -0.370 e. The number of amides is 2. The van der Waals surface area contributed by atoms with Gasteiger partial charge >= 0.3 is 0 Å². The molecule has 0 saturated heterocycles. The molecule has 0 aliphatic heterocycles. The molecule has 0 bridgehead atoms. The summed E-state index contributed by atoms with van der Waals surface area (Å²) >= 11 is 5.90. The average molecular weight is 270 g/mol. The Morgan fingerprint density at radius 3 is 2.67 bits per heavy atom. The van der Waals surface area contributed by atoms with E-state index < -0.39 is 5.91 Å². The van der Waals surface area contributed by atoms with Gasteiger partial charge in [-0.3, -0.25) is 9.59 Å². The molecule has 18 heavy (non-hydrogen) atoms. The highest BCUT2D eigenvalue weighted by atomic mass is 35.5. The van der Waals surface area contributed by atoms with Crippen LogP contribution in [0.5, 0.6) is 0 Å². The predicted molar refractivity (Wildman–Crippen MR) is 71.4 cm³/mol. The number of carbonyl (C=O) groups excluding carboxylic acids is 2. The number of rotatable bonds is 6. The SMILES string of the molecule is CC(CC(N)=O)NCC(=O)Nc1ccccc1Cl. The van der Waals surface area contributed by atoms with Crippen LogP contribution in [0.25, 0.3) is 0 Å². The van der Waals surface area contributed by atoms with Gasteiger partial charge in [0.25, 0.3) is 0 Å². The average Bonchev–Trinajstić information content (AvgIpc) is 2.29. The van der Waals surface area contributed by atoms with Crippen molar-refractivity contribution in [2.24, 2.45) is 5.73 Å². The van der Waals surface area contributed by atoms with E-state index in [2.05, 4.69) is 10.6 Å². The van der Waals surface area contributed by atoms with Crippen molar-refractivity contribution >= 4 is 29.1 Å². The van der Waals surface area contributed by atoms with Crippen LogP contribution in [0, 0.1) is 0 Å². The fourth-order valence-corrected chi connectivity index (χ4v) is 1.58. The second-order valence-electron chi connectivity index (χ2n) is 3.98. The van der Waals surface area contributed by atoms with Gasteiger partial charge in [-0.25, -0.2) is 0 Å². The van der Waals surface area contributed by atoms with Crippen molar-refractivity contribution in [2.75, 3.05) is 11.9 Å². The molecule has 5 nitrogen and oxygen atoms in total. The van der Waals surface area contributed by atoms with Crippen LogP contribution in [0.3, 0.4) is 0 Å². The highest BCUT2D eigenvalue weighted by molar-refractivity contribution is 6.33. The summed E-state index contributed by atoms with van der Waals surface area (Å²) in [5.41, 5.74) is 5.61. The summed E-state index contributed by atoms with van der Waals surface area (Å²) in [5, 5.41) is 6.05. The molecule has 0 aromatic heterocycles. The molecule has 98 valence electrons. The molecule has 4 N–H and O–H groups in total. The third kappa shape index (κ3) is 5.16. The quantitative estimate of drug-likeness (QED) is 0.724. The van der Waals surface area contributed by atoms with E-state index in [-0.39, 0.29) is 24.9 Å². The fourth-order valence-electron chi connectivity index (χ4n) is 1.40. The Balaban J connectivity index is 2.39. The van der Waals surface area contributed by atoms with Gasteiger partial charge in [-0.05, 0) is 19.1 Å². The number of hydrogen-bond donors (Lipinski definition) is 3. The van der Waals surface area contributed by atoms with Crippen LogP contribution >= 0.6 is 11.6 Å². The van der Waals surface area contributed by atoms with Crippen molar-refractivity contribution in [2.45, 2.75) is 19.4 Å². The smallest absolute Gasteiger partial charge is 0.238 e. The van der Waals surface area contributed by atoms with Crippen LogP contribution in [0.2, 0.25) is 5.02 Å². The van der Waals surface area contributed by atoms with Gasteiger partial charge < -0.3 is 16.4 Å². The summed E-state index contributed by atoms with van der Waals surface area (Å²) in [5.74, 6) is -0.624. The molecule has 1 aromatic carbocycles. The van der Waals surface area contributed by atoms with Gasteiger partial charge in [0.05, 0.1) is 17.3 Å². The van der Waals surface area contributed by atoms with Crippen molar-refractivity contribution in [3.63, 3.8) is 0 Å². The summed E-state index contributed by atoms with van der Waals surface area (Å²) in [6.45, 7) is 1.88. The Kier molecular flexibility index (Phi) is 5.61. The number of carbonyl (C=O) groups is 2. The standard InChI is InChI=1S/C12H16ClN3O2/c1-8(6-11(14)17)15-7-12(18)16-10-5-3-2-4-9(10)13/h2-5,8,15H,6-7H2,1H3,(H2,14,17)(H,16,18). The van der Waals surface area contributed by atoms with E-state index in [4.69, 9.17) is 17.3 Å². The number of benzene rings is 1. The molecule has 0 heterocycles. The highest BCUT2D eigenvalue weighted by Gasteiger charge is 2.09. The molecule has 1 unspecified atom stereocenters. The molecule has 1 aromatic rings. The van der Waals surface area contributed by atoms with Gasteiger partial charge in [0, 0.05) is 12.5 Å². The lowest BCUT2D eigenvalue weighted by atomic mass is 10.2.